The van der Waals surface area contributed by atoms with Crippen LogP contribution in [-0.4, -0.2) is 41.6 Å². The SMILES string of the molecule is CC(CCBr)CCN1CCC(CO)C1. The molecule has 1 saturated heterocycles. The van der Waals surface area contributed by atoms with E-state index in [1.54, 1.807) is 0 Å². The van der Waals surface area contributed by atoms with Crippen molar-refractivity contribution in [1.29, 1.82) is 0 Å². The Labute approximate surface area is 95.8 Å². The molecule has 0 spiro atoms. The zero-order chi connectivity index (χ0) is 10.4. The van der Waals surface area contributed by atoms with Gasteiger partial charge in [0, 0.05) is 18.5 Å². The summed E-state index contributed by atoms with van der Waals surface area (Å²) in [6.07, 6.45) is 3.75. The van der Waals surface area contributed by atoms with Crippen molar-refractivity contribution in [1.82, 2.24) is 4.90 Å². The van der Waals surface area contributed by atoms with Gasteiger partial charge >= 0.3 is 0 Å². The van der Waals surface area contributed by atoms with Gasteiger partial charge in [0.15, 0.2) is 0 Å². The second kappa shape index (κ2) is 6.81. The third kappa shape index (κ3) is 4.28. The summed E-state index contributed by atoms with van der Waals surface area (Å²) in [5.74, 6) is 1.36. The molecule has 0 radical (unpaired) electrons. The second-order valence-corrected chi connectivity index (χ2v) is 5.30. The van der Waals surface area contributed by atoms with Crippen molar-refractivity contribution >= 4 is 15.9 Å². The molecule has 0 amide bonds. The fourth-order valence-corrected chi connectivity index (χ4v) is 2.78. The Morgan fingerprint density at radius 2 is 2.29 bits per heavy atom. The highest BCUT2D eigenvalue weighted by atomic mass is 79.9. The van der Waals surface area contributed by atoms with E-state index < -0.39 is 0 Å². The molecule has 1 heterocycles. The maximum Gasteiger partial charge on any atom is 0.0471 e. The van der Waals surface area contributed by atoms with Crippen LogP contribution in [0.2, 0.25) is 0 Å². The first-order valence-electron chi connectivity index (χ1n) is 5.65. The Morgan fingerprint density at radius 3 is 2.86 bits per heavy atom. The first-order chi connectivity index (χ1) is 6.76. The summed E-state index contributed by atoms with van der Waals surface area (Å²) in [5, 5.41) is 10.1. The van der Waals surface area contributed by atoms with Gasteiger partial charge < -0.3 is 10.0 Å². The molecule has 3 heteroatoms. The molecule has 2 atom stereocenters. The molecule has 84 valence electrons. The molecule has 1 aliphatic heterocycles. The molecule has 0 bridgehead atoms. The lowest BCUT2D eigenvalue weighted by Gasteiger charge is -2.18. The van der Waals surface area contributed by atoms with Crippen LogP contribution in [0, 0.1) is 11.8 Å². The lowest BCUT2D eigenvalue weighted by Crippen LogP contribution is -2.24. The van der Waals surface area contributed by atoms with Gasteiger partial charge in [-0.05, 0) is 44.2 Å². The van der Waals surface area contributed by atoms with E-state index in [0.29, 0.717) is 12.5 Å². The minimum Gasteiger partial charge on any atom is -0.396 e. The molecule has 0 saturated carbocycles. The molecule has 1 rings (SSSR count). The fraction of sp³-hybridized carbons (Fsp3) is 1.00. The van der Waals surface area contributed by atoms with Crippen molar-refractivity contribution < 1.29 is 5.11 Å². The van der Waals surface area contributed by atoms with Gasteiger partial charge in [-0.25, -0.2) is 0 Å². The number of hydrogen-bond acceptors (Lipinski definition) is 2. The van der Waals surface area contributed by atoms with Crippen LogP contribution in [0.3, 0.4) is 0 Å². The monoisotopic (exact) mass is 263 g/mol. The van der Waals surface area contributed by atoms with Crippen molar-refractivity contribution in [2.45, 2.75) is 26.2 Å². The van der Waals surface area contributed by atoms with Crippen LogP contribution in [0.25, 0.3) is 0 Å². The molecule has 14 heavy (non-hydrogen) atoms. The topological polar surface area (TPSA) is 23.5 Å². The molecule has 1 aliphatic rings. The Hall–Kier alpha value is 0.400. The van der Waals surface area contributed by atoms with E-state index in [2.05, 4.69) is 27.8 Å². The molecule has 0 aromatic heterocycles. The van der Waals surface area contributed by atoms with Crippen LogP contribution in [-0.2, 0) is 0 Å². The molecular weight excluding hydrogens is 242 g/mol. The van der Waals surface area contributed by atoms with Crippen molar-refractivity contribution in [2.24, 2.45) is 11.8 Å². The number of hydrogen-bond donors (Lipinski definition) is 1. The third-order valence-corrected chi connectivity index (χ3v) is 3.63. The van der Waals surface area contributed by atoms with E-state index in [-0.39, 0.29) is 0 Å². The largest absolute Gasteiger partial charge is 0.396 e. The number of halogens is 1. The summed E-state index contributed by atoms with van der Waals surface area (Å²) in [6.45, 7) is 6.20. The summed E-state index contributed by atoms with van der Waals surface area (Å²) in [5.41, 5.74) is 0. The predicted octanol–water partition coefficient (Wildman–Crippen LogP) is 2.11. The van der Waals surface area contributed by atoms with Gasteiger partial charge in [0.2, 0.25) is 0 Å². The van der Waals surface area contributed by atoms with Gasteiger partial charge in [-0.1, -0.05) is 22.9 Å². The molecule has 1 fully saturated rings. The average Bonchev–Trinajstić information content (AvgIpc) is 2.63. The molecule has 2 nitrogen and oxygen atoms in total. The Bertz CT molecular complexity index is 154. The zero-order valence-electron chi connectivity index (χ0n) is 9.08. The molecule has 0 aromatic carbocycles. The van der Waals surface area contributed by atoms with Crippen LogP contribution < -0.4 is 0 Å². The van der Waals surface area contributed by atoms with Gasteiger partial charge in [-0.3, -0.25) is 0 Å². The van der Waals surface area contributed by atoms with E-state index in [9.17, 15) is 0 Å². The summed E-state index contributed by atoms with van der Waals surface area (Å²) in [6, 6.07) is 0. The summed E-state index contributed by atoms with van der Waals surface area (Å²) < 4.78 is 0. The van der Waals surface area contributed by atoms with Crippen LogP contribution in [0.15, 0.2) is 0 Å². The standard InChI is InChI=1S/C11H22BrNO/c1-10(2-5-12)3-6-13-7-4-11(8-13)9-14/h10-11,14H,2-9H2,1H3. The van der Waals surface area contributed by atoms with Gasteiger partial charge in [-0.2, -0.15) is 0 Å². The Morgan fingerprint density at radius 1 is 1.50 bits per heavy atom. The van der Waals surface area contributed by atoms with E-state index in [0.717, 1.165) is 17.8 Å². The van der Waals surface area contributed by atoms with Crippen molar-refractivity contribution in [3.8, 4) is 0 Å². The van der Waals surface area contributed by atoms with Crippen molar-refractivity contribution in [3.63, 3.8) is 0 Å². The minimum absolute atomic E-state index is 0.369. The highest BCUT2D eigenvalue weighted by molar-refractivity contribution is 9.09. The van der Waals surface area contributed by atoms with Crippen molar-refractivity contribution in [3.05, 3.63) is 0 Å². The molecule has 0 aromatic rings. The summed E-state index contributed by atoms with van der Waals surface area (Å²) in [7, 11) is 0. The lowest BCUT2D eigenvalue weighted by molar-refractivity contribution is 0.218. The fourth-order valence-electron chi connectivity index (χ4n) is 2.00. The van der Waals surface area contributed by atoms with Gasteiger partial charge in [-0.15, -0.1) is 0 Å². The molecule has 1 N–H and O–H groups in total. The number of aliphatic hydroxyl groups is 1. The summed E-state index contributed by atoms with van der Waals surface area (Å²) >= 11 is 3.48. The van der Waals surface area contributed by atoms with E-state index >= 15 is 0 Å². The van der Waals surface area contributed by atoms with Gasteiger partial charge in [0.25, 0.3) is 0 Å². The quantitative estimate of drug-likeness (QED) is 0.743. The molecule has 0 aliphatic carbocycles. The van der Waals surface area contributed by atoms with Crippen LogP contribution in [0.4, 0.5) is 0 Å². The van der Waals surface area contributed by atoms with Gasteiger partial charge in [0.1, 0.15) is 0 Å². The molecular formula is C11H22BrNO. The first kappa shape index (κ1) is 12.5. The van der Waals surface area contributed by atoms with E-state index in [1.165, 1.54) is 32.4 Å². The normalized spacial score (nSPS) is 25.5. The second-order valence-electron chi connectivity index (χ2n) is 4.51. The predicted molar refractivity (Wildman–Crippen MR) is 63.8 cm³/mol. The Kier molecular flexibility index (Phi) is 6.06. The minimum atomic E-state index is 0.369. The van der Waals surface area contributed by atoms with Crippen molar-refractivity contribution in [2.75, 3.05) is 31.6 Å². The first-order valence-corrected chi connectivity index (χ1v) is 6.77. The van der Waals surface area contributed by atoms with Crippen LogP contribution in [0.1, 0.15) is 26.2 Å². The highest BCUT2D eigenvalue weighted by Crippen LogP contribution is 2.17. The maximum absolute atomic E-state index is 9.01. The van der Waals surface area contributed by atoms with E-state index in [1.807, 2.05) is 0 Å². The average molecular weight is 264 g/mol. The maximum atomic E-state index is 9.01. The third-order valence-electron chi connectivity index (χ3n) is 3.17. The lowest BCUT2D eigenvalue weighted by atomic mass is 10.1. The zero-order valence-corrected chi connectivity index (χ0v) is 10.7. The van der Waals surface area contributed by atoms with E-state index in [4.69, 9.17) is 5.11 Å². The Balaban J connectivity index is 2.07. The number of alkyl halides is 1. The van der Waals surface area contributed by atoms with Gasteiger partial charge in [0.05, 0.1) is 0 Å². The number of rotatable bonds is 6. The highest BCUT2D eigenvalue weighted by Gasteiger charge is 2.21. The van der Waals surface area contributed by atoms with Crippen LogP contribution >= 0.6 is 15.9 Å². The molecule has 2 unspecified atom stereocenters. The smallest absolute Gasteiger partial charge is 0.0471 e. The number of likely N-dealkylation sites (tertiary alicyclic amines) is 1. The number of aliphatic hydroxyl groups excluding tert-OH is 1. The van der Waals surface area contributed by atoms with Crippen LogP contribution in [0.5, 0.6) is 0 Å². The number of nitrogens with zero attached hydrogens (tertiary/aromatic N) is 1. The summed E-state index contributed by atoms with van der Waals surface area (Å²) in [4.78, 5) is 2.49.